The van der Waals surface area contributed by atoms with Crippen LogP contribution < -0.4 is 16.0 Å². The highest BCUT2D eigenvalue weighted by atomic mass is 32.2. The number of methoxy groups -OCH3 is 1. The molecular weight excluding hydrogens is 761 g/mol. The number of ether oxygens (including phenoxy) is 1. The number of esters is 1. The van der Waals surface area contributed by atoms with Crippen LogP contribution in [0, 0.1) is 0 Å². The standard InChI is InChI=1S/C44H38N4O5S3/c1-53-44(52)38-35-22-23-48(27-29-13-5-2-6-14-29)28-37(35)56-43(38)47-42(51)39(30-15-7-3-8-16-30)55-34-20-11-19-32(25-34)45-41(50)36(26-33-21-12-24-54-33)46-40(49)31-17-9-4-10-18-31/h2-21,24-26,39H,22-23,27-28H2,1H3,(H,45,50)(H,46,49)(H,47,51)/b36-26-. The van der Waals surface area contributed by atoms with Crippen LogP contribution in [0.5, 0.6) is 0 Å². The number of amides is 3. The van der Waals surface area contributed by atoms with Crippen LogP contribution in [0.1, 0.15) is 52.4 Å². The lowest BCUT2D eigenvalue weighted by molar-refractivity contribution is -0.116. The van der Waals surface area contributed by atoms with E-state index < -0.39 is 23.0 Å². The molecule has 3 amide bonds. The molecule has 7 rings (SSSR count). The maximum absolute atomic E-state index is 14.3. The number of nitrogens with zero attached hydrogens (tertiary/aromatic N) is 1. The lowest BCUT2D eigenvalue weighted by Crippen LogP contribution is -2.30. The van der Waals surface area contributed by atoms with E-state index in [1.807, 2.05) is 78.2 Å². The van der Waals surface area contributed by atoms with Gasteiger partial charge in [0, 0.05) is 45.5 Å². The number of hydrogen-bond acceptors (Lipinski definition) is 9. The highest BCUT2D eigenvalue weighted by Gasteiger charge is 2.31. The molecule has 4 aromatic carbocycles. The maximum Gasteiger partial charge on any atom is 0.341 e. The van der Waals surface area contributed by atoms with Gasteiger partial charge in [0.15, 0.2) is 0 Å². The van der Waals surface area contributed by atoms with E-state index in [9.17, 15) is 19.2 Å². The Kier molecular flexibility index (Phi) is 12.5. The van der Waals surface area contributed by atoms with Crippen molar-refractivity contribution in [1.82, 2.24) is 10.2 Å². The van der Waals surface area contributed by atoms with E-state index in [-0.39, 0.29) is 11.6 Å². The topological polar surface area (TPSA) is 117 Å². The summed E-state index contributed by atoms with van der Waals surface area (Å²) in [5, 5.41) is 10.5. The normalized spacial score (nSPS) is 13.3. The summed E-state index contributed by atoms with van der Waals surface area (Å²) in [4.78, 5) is 59.2. The molecule has 3 heterocycles. The largest absolute Gasteiger partial charge is 0.465 e. The Morgan fingerprint density at radius 1 is 0.857 bits per heavy atom. The van der Waals surface area contributed by atoms with Gasteiger partial charge in [-0.05, 0) is 71.0 Å². The number of rotatable bonds is 13. The van der Waals surface area contributed by atoms with Crippen LogP contribution in [0.3, 0.4) is 0 Å². The molecule has 0 aliphatic carbocycles. The lowest BCUT2D eigenvalue weighted by Gasteiger charge is -2.27. The Bertz CT molecular complexity index is 2350. The van der Waals surface area contributed by atoms with Gasteiger partial charge in [0.25, 0.3) is 11.8 Å². The number of fused-ring (bicyclic) bond motifs is 1. The predicted molar refractivity (Wildman–Crippen MR) is 225 cm³/mol. The molecule has 3 N–H and O–H groups in total. The first-order valence-electron chi connectivity index (χ1n) is 17.9. The zero-order chi connectivity index (χ0) is 38.9. The predicted octanol–water partition coefficient (Wildman–Crippen LogP) is 9.04. The van der Waals surface area contributed by atoms with Gasteiger partial charge in [0.2, 0.25) is 5.91 Å². The molecule has 56 heavy (non-hydrogen) atoms. The molecule has 1 aliphatic rings. The molecular formula is C44H38N4O5S3. The number of thiophene rings is 2. The third-order valence-corrected chi connectivity index (χ3v) is 12.3. The zero-order valence-electron chi connectivity index (χ0n) is 30.4. The molecule has 1 aliphatic heterocycles. The van der Waals surface area contributed by atoms with E-state index in [2.05, 4.69) is 33.0 Å². The quantitative estimate of drug-likeness (QED) is 0.0607. The van der Waals surface area contributed by atoms with Gasteiger partial charge < -0.3 is 20.7 Å². The third-order valence-electron chi connectivity index (χ3n) is 9.06. The number of anilines is 2. The molecule has 6 aromatic rings. The van der Waals surface area contributed by atoms with Crippen LogP contribution in [0.15, 0.2) is 143 Å². The molecule has 12 heteroatoms. The molecule has 0 bridgehead atoms. The van der Waals surface area contributed by atoms with Gasteiger partial charge in [-0.2, -0.15) is 0 Å². The van der Waals surface area contributed by atoms with Crippen LogP contribution >= 0.6 is 34.4 Å². The second-order valence-electron chi connectivity index (χ2n) is 12.9. The molecule has 1 atom stereocenters. The van der Waals surface area contributed by atoms with E-state index in [0.717, 1.165) is 38.9 Å². The van der Waals surface area contributed by atoms with Crippen molar-refractivity contribution in [2.45, 2.75) is 29.7 Å². The second kappa shape index (κ2) is 18.2. The van der Waals surface area contributed by atoms with E-state index >= 15 is 0 Å². The van der Waals surface area contributed by atoms with Gasteiger partial charge in [0.1, 0.15) is 15.9 Å². The smallest absolute Gasteiger partial charge is 0.341 e. The minimum absolute atomic E-state index is 0.0872. The Labute approximate surface area is 337 Å². The lowest BCUT2D eigenvalue weighted by atomic mass is 10.0. The van der Waals surface area contributed by atoms with Crippen molar-refractivity contribution in [3.63, 3.8) is 0 Å². The number of thioether (sulfide) groups is 1. The Morgan fingerprint density at radius 2 is 1.59 bits per heavy atom. The molecule has 282 valence electrons. The first kappa shape index (κ1) is 38.5. The van der Waals surface area contributed by atoms with Gasteiger partial charge in [0.05, 0.1) is 12.7 Å². The van der Waals surface area contributed by atoms with Gasteiger partial charge in [-0.15, -0.1) is 34.4 Å². The zero-order valence-corrected chi connectivity index (χ0v) is 32.8. The summed E-state index contributed by atoms with van der Waals surface area (Å²) >= 11 is 4.18. The van der Waals surface area contributed by atoms with E-state index in [4.69, 9.17) is 4.74 Å². The summed E-state index contributed by atoms with van der Waals surface area (Å²) in [6.07, 6.45) is 2.30. The van der Waals surface area contributed by atoms with Crippen LogP contribution in [0.4, 0.5) is 10.7 Å². The Balaban J connectivity index is 1.11. The Hall–Kier alpha value is -5.79. The first-order chi connectivity index (χ1) is 27.3. The number of carbonyl (C=O) groups is 4. The average molecular weight is 799 g/mol. The number of nitrogens with one attached hydrogen (secondary N) is 3. The number of hydrogen-bond donors (Lipinski definition) is 3. The van der Waals surface area contributed by atoms with Crippen molar-refractivity contribution in [2.24, 2.45) is 0 Å². The van der Waals surface area contributed by atoms with Crippen LogP contribution in [-0.2, 0) is 33.8 Å². The third kappa shape index (κ3) is 9.53. The summed E-state index contributed by atoms with van der Waals surface area (Å²) in [5.74, 6) is -1.68. The fourth-order valence-corrected chi connectivity index (χ4v) is 9.38. The maximum atomic E-state index is 14.3. The van der Waals surface area contributed by atoms with E-state index in [1.165, 1.54) is 47.1 Å². The minimum Gasteiger partial charge on any atom is -0.465 e. The van der Waals surface area contributed by atoms with Crippen LogP contribution in [0.25, 0.3) is 6.08 Å². The summed E-state index contributed by atoms with van der Waals surface area (Å²) in [5.41, 5.74) is 4.30. The Morgan fingerprint density at radius 3 is 2.30 bits per heavy atom. The van der Waals surface area contributed by atoms with Crippen LogP contribution in [0.2, 0.25) is 0 Å². The number of carbonyl (C=O) groups excluding carboxylic acids is 4. The molecule has 2 aromatic heterocycles. The van der Waals surface area contributed by atoms with Crippen molar-refractivity contribution in [3.8, 4) is 0 Å². The van der Waals surface area contributed by atoms with Crippen molar-refractivity contribution in [2.75, 3.05) is 24.3 Å². The summed E-state index contributed by atoms with van der Waals surface area (Å²) < 4.78 is 5.22. The van der Waals surface area contributed by atoms with E-state index in [0.29, 0.717) is 34.8 Å². The van der Waals surface area contributed by atoms with Crippen molar-refractivity contribution < 1.29 is 23.9 Å². The van der Waals surface area contributed by atoms with Crippen LogP contribution in [-0.4, -0.2) is 42.2 Å². The molecule has 1 unspecified atom stereocenters. The molecule has 0 fully saturated rings. The summed E-state index contributed by atoms with van der Waals surface area (Å²) in [7, 11) is 1.36. The fourth-order valence-electron chi connectivity index (χ4n) is 6.36. The summed E-state index contributed by atoms with van der Waals surface area (Å²) in [6.45, 7) is 2.22. The SMILES string of the molecule is COC(=O)c1c(NC(=O)C(Sc2cccc(NC(=O)/C(=C/c3cccs3)NC(=O)c3ccccc3)c2)c2ccccc2)sc2c1CCN(Cc1ccccc1)C2. The summed E-state index contributed by atoms with van der Waals surface area (Å²) in [6, 6.07) is 39.3. The van der Waals surface area contributed by atoms with Crippen molar-refractivity contribution >= 4 is 74.9 Å². The van der Waals surface area contributed by atoms with Gasteiger partial charge in [-0.25, -0.2) is 4.79 Å². The first-order valence-corrected chi connectivity index (χ1v) is 20.5. The van der Waals surface area contributed by atoms with Gasteiger partial charge in [-0.1, -0.05) is 91.0 Å². The van der Waals surface area contributed by atoms with Gasteiger partial charge >= 0.3 is 5.97 Å². The molecule has 0 spiro atoms. The van der Waals surface area contributed by atoms with E-state index in [1.54, 1.807) is 48.5 Å². The molecule has 9 nitrogen and oxygen atoms in total. The molecule has 0 saturated carbocycles. The minimum atomic E-state index is -0.708. The highest BCUT2D eigenvalue weighted by molar-refractivity contribution is 8.00. The number of benzene rings is 4. The average Bonchev–Trinajstić information content (AvgIpc) is 3.88. The fraction of sp³-hybridized carbons (Fsp3) is 0.136. The second-order valence-corrected chi connectivity index (χ2v) is 16.2. The monoisotopic (exact) mass is 798 g/mol. The van der Waals surface area contributed by atoms with Crippen molar-refractivity contribution in [3.05, 3.63) is 176 Å². The van der Waals surface area contributed by atoms with Gasteiger partial charge in [-0.3, -0.25) is 19.3 Å². The molecule has 0 saturated heterocycles. The molecule has 0 radical (unpaired) electrons. The van der Waals surface area contributed by atoms with Crippen molar-refractivity contribution in [1.29, 1.82) is 0 Å². The highest BCUT2D eigenvalue weighted by Crippen LogP contribution is 2.41.